The van der Waals surface area contributed by atoms with Crippen molar-refractivity contribution in [3.8, 4) is 0 Å². The summed E-state index contributed by atoms with van der Waals surface area (Å²) in [7, 11) is 0. The van der Waals surface area contributed by atoms with Crippen LogP contribution in [0.15, 0.2) is 0 Å². The standard InChI is InChI=1S/C5H12N.3C3H7O.Sn/c1-3-5-6-4-2;3*1-2-3-4;/h6H,1,3-5H2,2H3;3*2-3H2,1H3;/q;3*-1;+3. The SMILES string of the molecule is CCC[O][Sn]([CH2]CCNCC)([O]CCC)[O]CCC. The van der Waals surface area contributed by atoms with E-state index in [1.807, 2.05) is 0 Å². The van der Waals surface area contributed by atoms with E-state index in [1.54, 1.807) is 0 Å². The average molecular weight is 382 g/mol. The Labute approximate surface area is 125 Å². The van der Waals surface area contributed by atoms with Crippen LogP contribution in [0.3, 0.4) is 0 Å². The summed E-state index contributed by atoms with van der Waals surface area (Å²) in [5, 5.41) is 3.36. The van der Waals surface area contributed by atoms with Crippen molar-refractivity contribution >= 4 is 19.6 Å². The van der Waals surface area contributed by atoms with E-state index in [4.69, 9.17) is 9.22 Å². The Morgan fingerprint density at radius 1 is 0.789 bits per heavy atom. The molecule has 0 aromatic rings. The molecular weight excluding hydrogens is 349 g/mol. The van der Waals surface area contributed by atoms with Crippen LogP contribution >= 0.6 is 0 Å². The van der Waals surface area contributed by atoms with Crippen molar-refractivity contribution in [1.82, 2.24) is 5.32 Å². The molecule has 0 rings (SSSR count). The average Bonchev–Trinajstić information content (AvgIpc) is 2.44. The zero-order chi connectivity index (χ0) is 14.4. The van der Waals surface area contributed by atoms with Crippen LogP contribution in [0, 0.1) is 0 Å². The fourth-order valence-corrected chi connectivity index (χ4v) is 9.82. The van der Waals surface area contributed by atoms with Crippen molar-refractivity contribution < 1.29 is 9.22 Å². The van der Waals surface area contributed by atoms with Crippen LogP contribution in [0.2, 0.25) is 4.44 Å². The zero-order valence-corrected chi connectivity index (χ0v) is 16.1. The molecule has 0 amide bonds. The van der Waals surface area contributed by atoms with Gasteiger partial charge < -0.3 is 0 Å². The van der Waals surface area contributed by atoms with Gasteiger partial charge in [-0.25, -0.2) is 0 Å². The summed E-state index contributed by atoms with van der Waals surface area (Å²) in [6.07, 6.45) is 4.16. The normalized spacial score (nSPS) is 12.0. The summed E-state index contributed by atoms with van der Waals surface area (Å²) < 4.78 is 19.3. The van der Waals surface area contributed by atoms with E-state index >= 15 is 0 Å². The molecule has 0 aliphatic heterocycles. The van der Waals surface area contributed by atoms with Gasteiger partial charge in [-0.05, 0) is 0 Å². The van der Waals surface area contributed by atoms with Crippen molar-refractivity contribution in [3.05, 3.63) is 0 Å². The molecule has 19 heavy (non-hydrogen) atoms. The Morgan fingerprint density at radius 3 is 1.63 bits per heavy atom. The summed E-state index contributed by atoms with van der Waals surface area (Å²) >= 11 is -3.27. The topological polar surface area (TPSA) is 39.7 Å². The fourth-order valence-electron chi connectivity index (χ4n) is 1.72. The predicted molar refractivity (Wildman–Crippen MR) is 82.5 cm³/mol. The molecule has 1 N–H and O–H groups in total. The van der Waals surface area contributed by atoms with E-state index < -0.39 is 19.6 Å². The molecule has 5 heteroatoms. The van der Waals surface area contributed by atoms with Crippen molar-refractivity contribution in [2.45, 2.75) is 57.8 Å². The molecule has 0 spiro atoms. The van der Waals surface area contributed by atoms with E-state index in [0.29, 0.717) is 0 Å². The number of hydrogen-bond acceptors (Lipinski definition) is 4. The molecule has 4 nitrogen and oxygen atoms in total. The number of hydrogen-bond donors (Lipinski definition) is 1. The first kappa shape index (κ1) is 19.6. The minimum atomic E-state index is -3.27. The summed E-state index contributed by atoms with van der Waals surface area (Å²) in [5.74, 6) is 0. The van der Waals surface area contributed by atoms with Crippen LogP contribution < -0.4 is 5.32 Å². The van der Waals surface area contributed by atoms with Gasteiger partial charge >= 0.3 is 125 Å². The molecule has 0 atom stereocenters. The maximum absolute atomic E-state index is 6.10. The Balaban J connectivity index is 4.38. The molecule has 0 aliphatic rings. The fraction of sp³-hybridized carbons (Fsp3) is 1.00. The van der Waals surface area contributed by atoms with Gasteiger partial charge in [-0.2, -0.15) is 0 Å². The van der Waals surface area contributed by atoms with E-state index in [9.17, 15) is 0 Å². The second-order valence-electron chi connectivity index (χ2n) is 4.69. The second-order valence-corrected chi connectivity index (χ2v) is 12.5. The van der Waals surface area contributed by atoms with Gasteiger partial charge in [-0.1, -0.05) is 0 Å². The molecule has 0 fully saturated rings. The molecule has 0 unspecified atom stereocenters. The van der Waals surface area contributed by atoms with E-state index in [1.165, 1.54) is 0 Å². The number of rotatable bonds is 14. The molecule has 0 radical (unpaired) electrons. The van der Waals surface area contributed by atoms with Crippen molar-refractivity contribution in [2.24, 2.45) is 0 Å². The first-order valence-corrected chi connectivity index (χ1v) is 13.4. The second kappa shape index (κ2) is 13.6. The van der Waals surface area contributed by atoms with Crippen LogP contribution in [0.5, 0.6) is 0 Å². The van der Waals surface area contributed by atoms with Gasteiger partial charge in [0.1, 0.15) is 0 Å². The Hall–Kier alpha value is 0.639. The molecule has 0 bridgehead atoms. The van der Waals surface area contributed by atoms with Gasteiger partial charge in [0.05, 0.1) is 0 Å². The zero-order valence-electron chi connectivity index (χ0n) is 13.3. The van der Waals surface area contributed by atoms with Gasteiger partial charge in [0.15, 0.2) is 0 Å². The monoisotopic (exact) mass is 383 g/mol. The maximum atomic E-state index is 6.10. The predicted octanol–water partition coefficient (Wildman–Crippen LogP) is 3.20. The molecule has 116 valence electrons. The van der Waals surface area contributed by atoms with Gasteiger partial charge in [-0.3, -0.25) is 0 Å². The van der Waals surface area contributed by atoms with Gasteiger partial charge in [0.2, 0.25) is 0 Å². The Bertz CT molecular complexity index is 172. The summed E-state index contributed by atoms with van der Waals surface area (Å²) in [4.78, 5) is 0. The Morgan fingerprint density at radius 2 is 1.26 bits per heavy atom. The summed E-state index contributed by atoms with van der Waals surface area (Å²) in [6, 6.07) is 0. The van der Waals surface area contributed by atoms with Gasteiger partial charge in [-0.15, -0.1) is 0 Å². The van der Waals surface area contributed by atoms with Crippen LogP contribution in [0.4, 0.5) is 0 Å². The van der Waals surface area contributed by atoms with Crippen LogP contribution in [-0.4, -0.2) is 52.5 Å². The van der Waals surface area contributed by atoms with Crippen LogP contribution in [-0.2, 0) is 9.22 Å². The molecule has 0 heterocycles. The van der Waals surface area contributed by atoms with Crippen molar-refractivity contribution in [3.63, 3.8) is 0 Å². The van der Waals surface area contributed by atoms with Crippen molar-refractivity contribution in [2.75, 3.05) is 32.9 Å². The number of nitrogens with one attached hydrogen (secondary N) is 1. The first-order chi connectivity index (χ1) is 9.24. The Kier molecular flexibility index (Phi) is 14.1. The molecule has 0 aromatic carbocycles. The third-order valence-electron chi connectivity index (χ3n) is 2.66. The molecule has 0 aliphatic carbocycles. The van der Waals surface area contributed by atoms with Gasteiger partial charge in [0.25, 0.3) is 0 Å². The molecule has 0 aromatic heterocycles. The first-order valence-electron chi connectivity index (χ1n) is 7.87. The molecule has 0 saturated heterocycles. The van der Waals surface area contributed by atoms with Crippen LogP contribution in [0.25, 0.3) is 0 Å². The third kappa shape index (κ3) is 10.1. The quantitative estimate of drug-likeness (QED) is 0.370. The van der Waals surface area contributed by atoms with Crippen molar-refractivity contribution in [1.29, 1.82) is 0 Å². The van der Waals surface area contributed by atoms with Crippen LogP contribution in [0.1, 0.15) is 53.4 Å². The summed E-state index contributed by atoms with van der Waals surface area (Å²) in [5.41, 5.74) is 0. The van der Waals surface area contributed by atoms with E-state index in [2.05, 4.69) is 33.0 Å². The third-order valence-corrected chi connectivity index (χ3v) is 10.9. The summed E-state index contributed by atoms with van der Waals surface area (Å²) in [6.45, 7) is 12.9. The van der Waals surface area contributed by atoms with Gasteiger partial charge in [0, 0.05) is 0 Å². The van der Waals surface area contributed by atoms with E-state index in [-0.39, 0.29) is 0 Å². The van der Waals surface area contributed by atoms with E-state index in [0.717, 1.165) is 63.0 Å². The minimum absolute atomic E-state index is 0.769. The molecule has 0 saturated carbocycles. The molecular formula is C14H33NO3Sn.